The third-order valence-corrected chi connectivity index (χ3v) is 3.40. The van der Waals surface area contributed by atoms with E-state index >= 15 is 0 Å². The van der Waals surface area contributed by atoms with Gasteiger partial charge in [-0.15, -0.1) is 0 Å². The van der Waals surface area contributed by atoms with Gasteiger partial charge in [0.25, 0.3) is 5.69 Å². The van der Waals surface area contributed by atoms with Crippen LogP contribution < -0.4 is 11.1 Å². The second kappa shape index (κ2) is 6.31. The standard InChI is InChI=1S/C13H16N4O4/c14-8-12(18)16-7-1-2-11(16)13(19)15-9-3-5-10(6-4-9)17(20)21/h3-6,11H,1-2,7-8,14H2,(H,15,19)/t11-/m1/s1. The van der Waals surface area contributed by atoms with E-state index in [1.165, 1.54) is 29.2 Å². The van der Waals surface area contributed by atoms with E-state index in [2.05, 4.69) is 5.32 Å². The Morgan fingerprint density at radius 3 is 2.62 bits per heavy atom. The van der Waals surface area contributed by atoms with Gasteiger partial charge >= 0.3 is 0 Å². The molecule has 1 fully saturated rings. The number of non-ortho nitro benzene ring substituents is 1. The van der Waals surface area contributed by atoms with Crippen molar-refractivity contribution in [2.75, 3.05) is 18.4 Å². The molecular formula is C13H16N4O4. The topological polar surface area (TPSA) is 119 Å². The molecule has 1 aromatic carbocycles. The summed E-state index contributed by atoms with van der Waals surface area (Å²) >= 11 is 0. The quantitative estimate of drug-likeness (QED) is 0.618. The molecule has 0 saturated carbocycles. The number of rotatable bonds is 4. The molecule has 1 aliphatic heterocycles. The Kier molecular flexibility index (Phi) is 4.49. The van der Waals surface area contributed by atoms with Crippen LogP contribution in [0, 0.1) is 10.1 Å². The molecule has 2 rings (SSSR count). The summed E-state index contributed by atoms with van der Waals surface area (Å²) in [4.78, 5) is 35.4. The van der Waals surface area contributed by atoms with Gasteiger partial charge in [-0.3, -0.25) is 19.7 Å². The fourth-order valence-electron chi connectivity index (χ4n) is 2.35. The Morgan fingerprint density at radius 2 is 2.05 bits per heavy atom. The second-order valence-electron chi connectivity index (χ2n) is 4.74. The monoisotopic (exact) mass is 292 g/mol. The molecule has 1 aliphatic rings. The molecule has 8 nitrogen and oxygen atoms in total. The van der Waals surface area contributed by atoms with Crippen LogP contribution in [0.5, 0.6) is 0 Å². The Bertz CT molecular complexity index is 558. The average Bonchev–Trinajstić information content (AvgIpc) is 2.96. The first-order valence-electron chi connectivity index (χ1n) is 6.58. The summed E-state index contributed by atoms with van der Waals surface area (Å²) in [6.45, 7) is 0.399. The summed E-state index contributed by atoms with van der Waals surface area (Å²) in [6, 6.07) is 5.01. The Balaban J connectivity index is 2.03. The van der Waals surface area contributed by atoms with Crippen molar-refractivity contribution in [3.05, 3.63) is 34.4 Å². The first-order chi connectivity index (χ1) is 10.0. The van der Waals surface area contributed by atoms with Crippen molar-refractivity contribution < 1.29 is 14.5 Å². The van der Waals surface area contributed by atoms with E-state index in [0.29, 0.717) is 18.7 Å². The van der Waals surface area contributed by atoms with Crippen LogP contribution in [0.1, 0.15) is 12.8 Å². The van der Waals surface area contributed by atoms with Gasteiger partial charge in [0.15, 0.2) is 0 Å². The van der Waals surface area contributed by atoms with Gasteiger partial charge in [0.05, 0.1) is 11.5 Å². The summed E-state index contributed by atoms with van der Waals surface area (Å²) in [7, 11) is 0. The lowest BCUT2D eigenvalue weighted by molar-refractivity contribution is -0.384. The lowest BCUT2D eigenvalue weighted by atomic mass is 10.2. The second-order valence-corrected chi connectivity index (χ2v) is 4.74. The highest BCUT2D eigenvalue weighted by Gasteiger charge is 2.33. The molecule has 1 heterocycles. The summed E-state index contributed by atoms with van der Waals surface area (Å²) in [5.41, 5.74) is 5.73. The molecule has 0 spiro atoms. The van der Waals surface area contributed by atoms with E-state index in [-0.39, 0.29) is 24.0 Å². The van der Waals surface area contributed by atoms with Crippen LogP contribution in [0.4, 0.5) is 11.4 Å². The predicted octanol–water partition coefficient (Wildman–Crippen LogP) is 0.483. The third kappa shape index (κ3) is 3.34. The fraction of sp³-hybridized carbons (Fsp3) is 0.385. The summed E-state index contributed by atoms with van der Waals surface area (Å²) in [6.07, 6.45) is 1.34. The number of nitrogens with zero attached hydrogens (tertiary/aromatic N) is 2. The maximum atomic E-state index is 12.2. The molecule has 0 bridgehead atoms. The minimum Gasteiger partial charge on any atom is -0.330 e. The molecule has 0 radical (unpaired) electrons. The van der Waals surface area contributed by atoms with Crippen molar-refractivity contribution in [1.82, 2.24) is 4.90 Å². The van der Waals surface area contributed by atoms with Crippen molar-refractivity contribution in [2.24, 2.45) is 5.73 Å². The van der Waals surface area contributed by atoms with E-state index in [0.717, 1.165) is 6.42 Å². The predicted molar refractivity (Wildman–Crippen MR) is 75.5 cm³/mol. The normalized spacial score (nSPS) is 17.6. The van der Waals surface area contributed by atoms with E-state index in [9.17, 15) is 19.7 Å². The lowest BCUT2D eigenvalue weighted by Crippen LogP contribution is -2.45. The third-order valence-electron chi connectivity index (χ3n) is 3.40. The Morgan fingerprint density at radius 1 is 1.38 bits per heavy atom. The zero-order valence-electron chi connectivity index (χ0n) is 11.3. The number of likely N-dealkylation sites (tertiary alicyclic amines) is 1. The van der Waals surface area contributed by atoms with Crippen molar-refractivity contribution in [2.45, 2.75) is 18.9 Å². The zero-order valence-corrected chi connectivity index (χ0v) is 11.3. The van der Waals surface area contributed by atoms with Crippen molar-refractivity contribution in [3.63, 3.8) is 0 Å². The van der Waals surface area contributed by atoms with Crippen molar-refractivity contribution in [1.29, 1.82) is 0 Å². The number of amides is 2. The van der Waals surface area contributed by atoms with Gasteiger partial charge in [-0.05, 0) is 25.0 Å². The summed E-state index contributed by atoms with van der Waals surface area (Å²) in [5, 5.41) is 13.2. The molecule has 1 aromatic rings. The van der Waals surface area contributed by atoms with E-state index in [1.807, 2.05) is 0 Å². The minimum atomic E-state index is -0.531. The number of hydrogen-bond acceptors (Lipinski definition) is 5. The largest absolute Gasteiger partial charge is 0.330 e. The van der Waals surface area contributed by atoms with Gasteiger partial charge in [-0.2, -0.15) is 0 Å². The van der Waals surface area contributed by atoms with Crippen LogP contribution in [0.25, 0.3) is 0 Å². The molecule has 0 aliphatic carbocycles. The van der Waals surface area contributed by atoms with E-state index in [4.69, 9.17) is 5.73 Å². The molecule has 21 heavy (non-hydrogen) atoms. The molecule has 1 atom stereocenters. The smallest absolute Gasteiger partial charge is 0.269 e. The molecule has 8 heteroatoms. The number of nitrogens with one attached hydrogen (secondary N) is 1. The summed E-state index contributed by atoms with van der Waals surface area (Å²) < 4.78 is 0. The molecule has 2 amide bonds. The van der Waals surface area contributed by atoms with Crippen LogP contribution in [0.15, 0.2) is 24.3 Å². The molecule has 0 unspecified atom stereocenters. The number of carbonyl (C=O) groups excluding carboxylic acids is 2. The maximum absolute atomic E-state index is 12.2. The zero-order chi connectivity index (χ0) is 15.4. The van der Waals surface area contributed by atoms with Gasteiger partial charge in [0.2, 0.25) is 11.8 Å². The lowest BCUT2D eigenvalue weighted by Gasteiger charge is -2.23. The van der Waals surface area contributed by atoms with Crippen LogP contribution in [0.2, 0.25) is 0 Å². The molecule has 112 valence electrons. The van der Waals surface area contributed by atoms with Gasteiger partial charge in [-0.25, -0.2) is 0 Å². The van der Waals surface area contributed by atoms with Gasteiger partial charge in [0, 0.05) is 24.4 Å². The highest BCUT2D eigenvalue weighted by Crippen LogP contribution is 2.20. The first kappa shape index (κ1) is 14.9. The highest BCUT2D eigenvalue weighted by atomic mass is 16.6. The molecule has 1 saturated heterocycles. The number of nitro groups is 1. The minimum absolute atomic E-state index is 0.0474. The van der Waals surface area contributed by atoms with Crippen LogP contribution >= 0.6 is 0 Å². The van der Waals surface area contributed by atoms with Gasteiger partial charge < -0.3 is 16.0 Å². The number of anilines is 1. The Hall–Kier alpha value is -2.48. The number of nitrogens with two attached hydrogens (primary N) is 1. The molecule has 3 N–H and O–H groups in total. The van der Waals surface area contributed by atoms with Crippen molar-refractivity contribution >= 4 is 23.2 Å². The van der Waals surface area contributed by atoms with Crippen LogP contribution in [-0.2, 0) is 9.59 Å². The number of hydrogen-bond donors (Lipinski definition) is 2. The van der Waals surface area contributed by atoms with E-state index < -0.39 is 11.0 Å². The number of benzene rings is 1. The average molecular weight is 292 g/mol. The number of carbonyl (C=O) groups is 2. The SMILES string of the molecule is NCC(=O)N1CCC[C@@H]1C(=O)Nc1ccc([N+](=O)[O-])cc1. The van der Waals surface area contributed by atoms with Gasteiger partial charge in [0.1, 0.15) is 6.04 Å². The fourth-order valence-corrected chi connectivity index (χ4v) is 2.35. The van der Waals surface area contributed by atoms with Gasteiger partial charge in [-0.1, -0.05) is 0 Å². The molecular weight excluding hydrogens is 276 g/mol. The maximum Gasteiger partial charge on any atom is 0.269 e. The molecule has 0 aromatic heterocycles. The van der Waals surface area contributed by atoms with E-state index in [1.54, 1.807) is 0 Å². The first-order valence-corrected chi connectivity index (χ1v) is 6.58. The highest BCUT2D eigenvalue weighted by molar-refractivity contribution is 5.97. The van der Waals surface area contributed by atoms with Crippen molar-refractivity contribution in [3.8, 4) is 0 Å². The Labute approximate surface area is 121 Å². The van der Waals surface area contributed by atoms with Crippen LogP contribution in [0.3, 0.4) is 0 Å². The van der Waals surface area contributed by atoms with Crippen LogP contribution in [-0.4, -0.2) is 40.8 Å². The summed E-state index contributed by atoms with van der Waals surface area (Å²) in [5.74, 6) is -0.556. The number of nitro benzene ring substituents is 1.